The molecule has 0 atom stereocenters. The van der Waals surface area contributed by atoms with Gasteiger partial charge in [-0.3, -0.25) is 0 Å². The number of benzene rings is 1. The van der Waals surface area contributed by atoms with Crippen LogP contribution >= 0.6 is 0 Å². The van der Waals surface area contributed by atoms with Gasteiger partial charge in [-0.25, -0.2) is 0 Å². The first-order valence-electron chi connectivity index (χ1n) is 7.72. The number of hydrogen-bond acceptors (Lipinski definition) is 2. The van der Waals surface area contributed by atoms with Crippen LogP contribution in [0, 0.1) is 0 Å². The maximum absolute atomic E-state index is 9.37. The summed E-state index contributed by atoms with van der Waals surface area (Å²) in [6, 6.07) is 7.34. The van der Waals surface area contributed by atoms with Crippen LogP contribution in [0.5, 0.6) is 5.75 Å². The third-order valence-electron chi connectivity index (χ3n) is 2.37. The molecule has 0 fully saturated rings. The molecule has 0 aliphatic rings. The van der Waals surface area contributed by atoms with Gasteiger partial charge < -0.3 is 10.8 Å². The molecule has 0 unspecified atom stereocenters. The average molecular weight is 306 g/mol. The van der Waals surface area contributed by atoms with E-state index in [-0.39, 0.29) is 0 Å². The van der Waals surface area contributed by atoms with Crippen molar-refractivity contribution in [1.29, 1.82) is 0 Å². The molecule has 1 rings (SSSR count). The molecule has 2 heteroatoms. The fourth-order valence-electron chi connectivity index (χ4n) is 0.963. The number of hydrogen-bond donors (Lipinski definition) is 2. The van der Waals surface area contributed by atoms with E-state index in [1.54, 1.807) is 13.0 Å². The minimum atomic E-state index is 0.350. The van der Waals surface area contributed by atoms with Gasteiger partial charge in [-0.05, 0) is 51.5 Å². The van der Waals surface area contributed by atoms with Gasteiger partial charge in [0.2, 0.25) is 0 Å². The van der Waals surface area contributed by atoms with Gasteiger partial charge in [-0.1, -0.05) is 57.2 Å². The van der Waals surface area contributed by atoms with Gasteiger partial charge in [0.1, 0.15) is 5.75 Å². The van der Waals surface area contributed by atoms with Gasteiger partial charge in [0, 0.05) is 5.56 Å². The summed E-state index contributed by atoms with van der Waals surface area (Å²) in [7, 11) is 0. The number of allylic oxidation sites excluding steroid dienone is 4. The van der Waals surface area contributed by atoms with Crippen molar-refractivity contribution in [2.45, 2.75) is 54.9 Å². The summed E-state index contributed by atoms with van der Waals surface area (Å²) in [5.74, 6) is 0.350. The molecule has 0 aliphatic carbocycles. The Morgan fingerprint density at radius 1 is 1.14 bits per heavy atom. The number of nitrogens with two attached hydrogens (primary N) is 1. The second-order valence-electron chi connectivity index (χ2n) is 4.65. The lowest BCUT2D eigenvalue weighted by Gasteiger charge is -2.02. The summed E-state index contributed by atoms with van der Waals surface area (Å²) in [6.45, 7) is 20.8. The monoisotopic (exact) mass is 305 g/mol. The second kappa shape index (κ2) is 17.1. The first-order valence-corrected chi connectivity index (χ1v) is 7.72. The molecule has 126 valence electrons. The van der Waals surface area contributed by atoms with E-state index in [0.717, 1.165) is 17.6 Å². The fourth-order valence-corrected chi connectivity index (χ4v) is 0.963. The second-order valence-corrected chi connectivity index (χ2v) is 4.65. The van der Waals surface area contributed by atoms with E-state index in [0.29, 0.717) is 11.4 Å². The molecule has 0 spiro atoms. The normalized spacial score (nSPS) is 8.95. The standard InChI is InChI=1S/C10H12O.C5H10.C3H7N.C2H6/c1-3-8(2)9-6-4-5-7-10(9)11;1-4-5(2)3;1-3(2)4;1-2/h3-7,11H,1-2H3;2,4H2,1,3H3;1,4H2,2H3;1-2H3/b8-3+;;;. The predicted octanol–water partition coefficient (Wildman–Crippen LogP) is 6.29. The SMILES string of the molecule is C/C=C(\C)c1ccccc1O.C=C(C)CC.C=C(C)N.CC. The first kappa shape index (κ1) is 25.0. The molecule has 2 nitrogen and oxygen atoms in total. The molecule has 1 aromatic carbocycles. The summed E-state index contributed by atoms with van der Waals surface area (Å²) in [6.07, 6.45) is 3.09. The smallest absolute Gasteiger partial charge is 0.123 e. The number of phenolic OH excluding ortho intramolecular Hbond substituents is 1. The quantitative estimate of drug-likeness (QED) is 0.630. The van der Waals surface area contributed by atoms with Crippen LogP contribution in [0.3, 0.4) is 0 Å². The Bertz CT molecular complexity index is 441. The Labute approximate surface area is 138 Å². The van der Waals surface area contributed by atoms with Gasteiger partial charge in [0.05, 0.1) is 0 Å². The van der Waals surface area contributed by atoms with E-state index < -0.39 is 0 Å². The van der Waals surface area contributed by atoms with Crippen molar-refractivity contribution in [2.24, 2.45) is 5.73 Å². The van der Waals surface area contributed by atoms with Gasteiger partial charge in [-0.2, -0.15) is 0 Å². The lowest BCUT2D eigenvalue weighted by Crippen LogP contribution is -1.83. The highest BCUT2D eigenvalue weighted by Gasteiger charge is 1.98. The van der Waals surface area contributed by atoms with E-state index in [4.69, 9.17) is 5.73 Å². The molecule has 22 heavy (non-hydrogen) atoms. The third-order valence-corrected chi connectivity index (χ3v) is 2.37. The topological polar surface area (TPSA) is 46.2 Å². The van der Waals surface area contributed by atoms with Crippen molar-refractivity contribution in [3.63, 3.8) is 0 Å². The van der Waals surface area contributed by atoms with Crippen LogP contribution in [0.25, 0.3) is 5.57 Å². The average Bonchev–Trinajstić information content (AvgIpc) is 2.49. The van der Waals surface area contributed by atoms with E-state index in [1.807, 2.05) is 58.9 Å². The van der Waals surface area contributed by atoms with E-state index in [1.165, 1.54) is 5.57 Å². The van der Waals surface area contributed by atoms with E-state index >= 15 is 0 Å². The Morgan fingerprint density at radius 3 is 1.77 bits per heavy atom. The van der Waals surface area contributed by atoms with Crippen LogP contribution in [0.1, 0.15) is 60.5 Å². The highest BCUT2D eigenvalue weighted by molar-refractivity contribution is 5.68. The molecule has 0 aliphatic heterocycles. The van der Waals surface area contributed by atoms with Gasteiger partial charge in [-0.15, -0.1) is 6.58 Å². The maximum Gasteiger partial charge on any atom is 0.123 e. The molecule has 0 heterocycles. The van der Waals surface area contributed by atoms with E-state index in [9.17, 15) is 5.11 Å². The van der Waals surface area contributed by atoms with Crippen molar-refractivity contribution in [3.8, 4) is 5.75 Å². The number of phenols is 1. The molecular formula is C20H35NO. The van der Waals surface area contributed by atoms with Crippen molar-refractivity contribution in [2.75, 3.05) is 0 Å². The van der Waals surface area contributed by atoms with Crippen LogP contribution < -0.4 is 5.73 Å². The first-order chi connectivity index (χ1) is 10.3. The zero-order chi connectivity index (χ0) is 18.1. The Balaban J connectivity index is -0.000000276. The van der Waals surface area contributed by atoms with Crippen molar-refractivity contribution in [1.82, 2.24) is 0 Å². The fraction of sp³-hybridized carbons (Fsp3) is 0.400. The molecule has 1 aromatic rings. The number of para-hydroxylation sites is 1. The molecule has 0 saturated carbocycles. The summed E-state index contributed by atoms with van der Waals surface area (Å²) in [5.41, 5.74) is 8.85. The molecule has 0 saturated heterocycles. The van der Waals surface area contributed by atoms with Crippen molar-refractivity contribution in [3.05, 3.63) is 60.3 Å². The minimum absolute atomic E-state index is 0.350. The molecule has 0 amide bonds. The van der Waals surface area contributed by atoms with Gasteiger partial charge in [0.25, 0.3) is 0 Å². The third kappa shape index (κ3) is 18.0. The van der Waals surface area contributed by atoms with Crippen molar-refractivity contribution >= 4 is 5.57 Å². The van der Waals surface area contributed by atoms with Crippen LogP contribution in [-0.4, -0.2) is 5.11 Å². The highest BCUT2D eigenvalue weighted by Crippen LogP contribution is 2.23. The molecule has 3 N–H and O–H groups in total. The van der Waals surface area contributed by atoms with Gasteiger partial charge >= 0.3 is 0 Å². The molecule has 0 aromatic heterocycles. The van der Waals surface area contributed by atoms with Crippen LogP contribution in [0.2, 0.25) is 0 Å². The summed E-state index contributed by atoms with van der Waals surface area (Å²) in [5, 5.41) is 9.37. The molecule has 0 radical (unpaired) electrons. The number of rotatable bonds is 2. The zero-order valence-corrected chi connectivity index (χ0v) is 15.5. The van der Waals surface area contributed by atoms with Gasteiger partial charge in [0.15, 0.2) is 0 Å². The van der Waals surface area contributed by atoms with Crippen molar-refractivity contribution < 1.29 is 5.11 Å². The summed E-state index contributed by atoms with van der Waals surface area (Å²) in [4.78, 5) is 0. The molecular weight excluding hydrogens is 270 g/mol. The zero-order valence-electron chi connectivity index (χ0n) is 15.5. The maximum atomic E-state index is 9.37. The van der Waals surface area contributed by atoms with Crippen LogP contribution in [0.4, 0.5) is 0 Å². The number of aromatic hydroxyl groups is 1. The highest BCUT2D eigenvalue weighted by atomic mass is 16.3. The summed E-state index contributed by atoms with van der Waals surface area (Å²) >= 11 is 0. The minimum Gasteiger partial charge on any atom is -0.507 e. The Morgan fingerprint density at radius 2 is 1.50 bits per heavy atom. The lowest BCUT2D eigenvalue weighted by atomic mass is 10.1. The van der Waals surface area contributed by atoms with Crippen LogP contribution in [-0.2, 0) is 0 Å². The largest absolute Gasteiger partial charge is 0.507 e. The van der Waals surface area contributed by atoms with Crippen LogP contribution in [0.15, 0.2) is 54.8 Å². The Kier molecular flexibility index (Phi) is 19.4. The predicted molar refractivity (Wildman–Crippen MR) is 103 cm³/mol. The Hall–Kier alpha value is -1.96. The molecule has 0 bridgehead atoms. The lowest BCUT2D eigenvalue weighted by molar-refractivity contribution is 0.473. The van der Waals surface area contributed by atoms with E-state index in [2.05, 4.69) is 20.1 Å². The summed E-state index contributed by atoms with van der Waals surface area (Å²) < 4.78 is 0.